The fourth-order valence-corrected chi connectivity index (χ4v) is 5.95. The second-order valence-electron chi connectivity index (χ2n) is 12.3. The summed E-state index contributed by atoms with van der Waals surface area (Å²) < 4.78 is 13.4. The molecule has 0 atom stereocenters. The van der Waals surface area contributed by atoms with Crippen molar-refractivity contribution in [1.82, 2.24) is 24.6 Å². The molecule has 0 radical (unpaired) electrons. The van der Waals surface area contributed by atoms with Crippen LogP contribution in [-0.4, -0.2) is 69.0 Å². The van der Waals surface area contributed by atoms with Crippen molar-refractivity contribution in [3.8, 4) is 11.8 Å². The van der Waals surface area contributed by atoms with Crippen molar-refractivity contribution in [2.24, 2.45) is 0 Å². The summed E-state index contributed by atoms with van der Waals surface area (Å²) in [6, 6.07) is 17.7. The van der Waals surface area contributed by atoms with E-state index in [9.17, 15) is 10.1 Å². The average Bonchev–Trinajstić information content (AvgIpc) is 3.47. The molecule has 11 heteroatoms. The highest BCUT2D eigenvalue weighted by Crippen LogP contribution is 2.38. The van der Waals surface area contributed by atoms with Gasteiger partial charge in [-0.05, 0) is 63.6 Å². The average molecular weight is 645 g/mol. The van der Waals surface area contributed by atoms with Crippen LogP contribution in [0.15, 0.2) is 73.1 Å². The number of rotatable bonds is 11. The maximum atomic E-state index is 13.2. The van der Waals surface area contributed by atoms with Crippen LogP contribution in [0.3, 0.4) is 0 Å². The van der Waals surface area contributed by atoms with Gasteiger partial charge in [-0.1, -0.05) is 19.1 Å². The van der Waals surface area contributed by atoms with Gasteiger partial charge in [0, 0.05) is 59.6 Å². The standard InChI is InChI=1S/C37H40N8O3/c1-5-30-29(21-38)36(40-26-12-13-31-25(18-26)22-45(43-31)23-27-10-7-8-14-39-27)28-19-33(34(48-6-2)20-32(28)41-30)42-35(46)11-9-15-44-16-17-47-24-37(44,3)4/h7-14,18-20,22H,5-6,15-17,23-24H2,1-4H3,(H,40,41)(H,42,46)/b11-9+. The summed E-state index contributed by atoms with van der Waals surface area (Å²) in [7, 11) is 0. The smallest absolute Gasteiger partial charge is 0.248 e. The Morgan fingerprint density at radius 2 is 2.04 bits per heavy atom. The van der Waals surface area contributed by atoms with Crippen LogP contribution in [0.1, 0.15) is 44.6 Å². The molecule has 0 spiro atoms. The minimum atomic E-state index is -0.275. The van der Waals surface area contributed by atoms with Gasteiger partial charge in [0.1, 0.15) is 11.8 Å². The van der Waals surface area contributed by atoms with Crippen LogP contribution in [0.5, 0.6) is 5.75 Å². The maximum absolute atomic E-state index is 13.2. The number of aromatic nitrogens is 4. The quantitative estimate of drug-likeness (QED) is 0.161. The molecular weight excluding hydrogens is 604 g/mol. The van der Waals surface area contributed by atoms with Crippen molar-refractivity contribution in [3.05, 3.63) is 90.0 Å². The molecule has 1 aliphatic heterocycles. The third-order valence-electron chi connectivity index (χ3n) is 8.45. The van der Waals surface area contributed by atoms with E-state index in [0.717, 1.165) is 28.8 Å². The Morgan fingerprint density at radius 1 is 1.17 bits per heavy atom. The molecule has 0 bridgehead atoms. The van der Waals surface area contributed by atoms with Crippen molar-refractivity contribution < 1.29 is 14.3 Å². The first-order chi connectivity index (χ1) is 23.3. The van der Waals surface area contributed by atoms with Crippen LogP contribution < -0.4 is 15.4 Å². The van der Waals surface area contributed by atoms with Crippen molar-refractivity contribution in [2.45, 2.75) is 46.2 Å². The Morgan fingerprint density at radius 3 is 2.79 bits per heavy atom. The van der Waals surface area contributed by atoms with Crippen LogP contribution in [-0.2, 0) is 22.5 Å². The predicted octanol–water partition coefficient (Wildman–Crippen LogP) is 6.21. The molecule has 0 aliphatic carbocycles. The Labute approximate surface area is 280 Å². The highest BCUT2D eigenvalue weighted by Gasteiger charge is 2.29. The number of anilines is 3. The molecule has 11 nitrogen and oxygen atoms in total. The van der Waals surface area contributed by atoms with Gasteiger partial charge in [0.15, 0.2) is 0 Å². The molecule has 2 aromatic carbocycles. The molecule has 1 aliphatic rings. The summed E-state index contributed by atoms with van der Waals surface area (Å²) in [6.45, 7) is 11.9. The number of ether oxygens (including phenoxy) is 2. The zero-order valence-corrected chi connectivity index (χ0v) is 27.8. The highest BCUT2D eigenvalue weighted by molar-refractivity contribution is 6.05. The zero-order chi connectivity index (χ0) is 33.7. The molecule has 1 amide bonds. The number of hydrogen-bond donors (Lipinski definition) is 2. The number of fused-ring (bicyclic) bond motifs is 2. The highest BCUT2D eigenvalue weighted by atomic mass is 16.5. The van der Waals surface area contributed by atoms with Crippen molar-refractivity contribution in [1.29, 1.82) is 5.26 Å². The van der Waals surface area contributed by atoms with Crippen molar-refractivity contribution in [2.75, 3.05) is 43.5 Å². The Bertz CT molecular complexity index is 2010. The normalized spacial score (nSPS) is 14.7. The maximum Gasteiger partial charge on any atom is 0.248 e. The fraction of sp³-hybridized carbons (Fsp3) is 0.324. The topological polar surface area (TPSA) is 130 Å². The lowest BCUT2D eigenvalue weighted by molar-refractivity contribution is -0.112. The van der Waals surface area contributed by atoms with Gasteiger partial charge in [-0.3, -0.25) is 24.3 Å². The Kier molecular flexibility index (Phi) is 9.66. The number of carbonyl (C=O) groups is 1. The molecule has 3 aromatic heterocycles. The fourth-order valence-electron chi connectivity index (χ4n) is 5.95. The van der Waals surface area contributed by atoms with E-state index in [1.54, 1.807) is 12.3 Å². The van der Waals surface area contributed by atoms with E-state index in [2.05, 4.69) is 40.4 Å². The third kappa shape index (κ3) is 7.15. The first-order valence-corrected chi connectivity index (χ1v) is 16.3. The molecule has 0 unspecified atom stereocenters. The number of morpholine rings is 1. The number of pyridine rings is 2. The molecule has 1 saturated heterocycles. The number of carbonyl (C=O) groups excluding carboxylic acids is 1. The molecule has 6 rings (SSSR count). The van der Waals surface area contributed by atoms with E-state index >= 15 is 0 Å². The number of amides is 1. The molecule has 5 aromatic rings. The lowest BCUT2D eigenvalue weighted by Gasteiger charge is -2.41. The summed E-state index contributed by atoms with van der Waals surface area (Å²) in [5.74, 6) is 0.232. The summed E-state index contributed by atoms with van der Waals surface area (Å²) in [6.07, 6.45) is 7.74. The first kappa shape index (κ1) is 32.6. The van der Waals surface area contributed by atoms with Crippen LogP contribution in [0.2, 0.25) is 0 Å². The number of nitrogens with one attached hydrogen (secondary N) is 2. The van der Waals surface area contributed by atoms with Crippen molar-refractivity contribution in [3.63, 3.8) is 0 Å². The zero-order valence-electron chi connectivity index (χ0n) is 27.8. The summed E-state index contributed by atoms with van der Waals surface area (Å²) in [5.41, 5.74) is 5.35. The van der Waals surface area contributed by atoms with Gasteiger partial charge in [0.2, 0.25) is 5.91 Å². The lowest BCUT2D eigenvalue weighted by atomic mass is 10.0. The number of nitriles is 1. The monoisotopic (exact) mass is 644 g/mol. The molecule has 2 N–H and O–H groups in total. The molecular formula is C37H40N8O3. The molecule has 1 fully saturated rings. The van der Waals surface area contributed by atoms with Gasteiger partial charge in [-0.15, -0.1) is 0 Å². The van der Waals surface area contributed by atoms with Crippen LogP contribution >= 0.6 is 0 Å². The van der Waals surface area contributed by atoms with E-state index in [-0.39, 0.29) is 11.4 Å². The third-order valence-corrected chi connectivity index (χ3v) is 8.45. The molecule has 4 heterocycles. The number of nitrogens with zero attached hydrogens (tertiary/aromatic N) is 6. The minimum Gasteiger partial charge on any atom is -0.492 e. The van der Waals surface area contributed by atoms with Crippen LogP contribution in [0, 0.1) is 11.3 Å². The number of hydrogen-bond acceptors (Lipinski definition) is 9. The number of benzene rings is 2. The van der Waals surface area contributed by atoms with Gasteiger partial charge in [-0.2, -0.15) is 10.4 Å². The summed E-state index contributed by atoms with van der Waals surface area (Å²) in [5, 5.41) is 23.2. The van der Waals surface area contributed by atoms with E-state index in [0.29, 0.717) is 78.6 Å². The Hall–Kier alpha value is -5.31. The predicted molar refractivity (Wildman–Crippen MR) is 188 cm³/mol. The largest absolute Gasteiger partial charge is 0.492 e. The molecule has 48 heavy (non-hydrogen) atoms. The van der Waals surface area contributed by atoms with E-state index in [4.69, 9.17) is 19.6 Å². The van der Waals surface area contributed by atoms with Crippen LogP contribution in [0.25, 0.3) is 21.8 Å². The number of aryl methyl sites for hydroxylation is 1. The molecule has 0 saturated carbocycles. The second kappa shape index (κ2) is 14.2. The van der Waals surface area contributed by atoms with Gasteiger partial charge in [0.25, 0.3) is 0 Å². The van der Waals surface area contributed by atoms with E-state index in [1.165, 1.54) is 0 Å². The first-order valence-electron chi connectivity index (χ1n) is 16.3. The van der Waals surface area contributed by atoms with Gasteiger partial charge < -0.3 is 20.1 Å². The molecule has 246 valence electrons. The van der Waals surface area contributed by atoms with E-state index < -0.39 is 0 Å². The van der Waals surface area contributed by atoms with Gasteiger partial charge >= 0.3 is 0 Å². The summed E-state index contributed by atoms with van der Waals surface area (Å²) in [4.78, 5) is 24.7. The summed E-state index contributed by atoms with van der Waals surface area (Å²) >= 11 is 0. The lowest BCUT2D eigenvalue weighted by Crippen LogP contribution is -2.52. The Balaban J connectivity index is 1.32. The second-order valence-corrected chi connectivity index (χ2v) is 12.3. The van der Waals surface area contributed by atoms with E-state index in [1.807, 2.05) is 79.3 Å². The van der Waals surface area contributed by atoms with Gasteiger partial charge in [0.05, 0.1) is 65.7 Å². The van der Waals surface area contributed by atoms with Gasteiger partial charge in [-0.25, -0.2) is 0 Å². The van der Waals surface area contributed by atoms with Crippen LogP contribution in [0.4, 0.5) is 17.1 Å². The SMILES string of the molecule is CCOc1cc2nc(CC)c(C#N)c(Nc3ccc4nn(Cc5ccccn5)cc4c3)c2cc1NC(=O)/C=C/CN1CCOCC1(C)C. The minimum absolute atomic E-state index is 0.101. The van der Waals surface area contributed by atoms with Crippen molar-refractivity contribution >= 4 is 44.8 Å².